The first kappa shape index (κ1) is 16.2. The van der Waals surface area contributed by atoms with Gasteiger partial charge < -0.3 is 20.1 Å². The fourth-order valence-corrected chi connectivity index (χ4v) is 1.90. The summed E-state index contributed by atoms with van der Waals surface area (Å²) < 4.78 is 10.3. The van der Waals surface area contributed by atoms with E-state index in [4.69, 9.17) is 9.47 Å². The molecule has 6 heteroatoms. The van der Waals surface area contributed by atoms with Crippen LogP contribution in [0.4, 0.5) is 0 Å². The Morgan fingerprint density at radius 3 is 2.79 bits per heavy atom. The number of nitrogens with zero attached hydrogens (tertiary/aromatic N) is 2. The van der Waals surface area contributed by atoms with Crippen LogP contribution >= 0.6 is 0 Å². The van der Waals surface area contributed by atoms with Crippen LogP contribution < -0.4 is 10.6 Å². The lowest BCUT2D eigenvalue weighted by Crippen LogP contribution is -2.44. The molecule has 0 aliphatic carbocycles. The quantitative estimate of drug-likeness (QED) is 0.367. The van der Waals surface area contributed by atoms with Crippen molar-refractivity contribution >= 4 is 5.96 Å². The van der Waals surface area contributed by atoms with Crippen LogP contribution in [0.3, 0.4) is 0 Å². The highest BCUT2D eigenvalue weighted by molar-refractivity contribution is 5.79. The van der Waals surface area contributed by atoms with E-state index < -0.39 is 0 Å². The minimum absolute atomic E-state index is 0.761. The highest BCUT2D eigenvalue weighted by Gasteiger charge is 2.09. The molecule has 0 unspecified atom stereocenters. The molecule has 6 nitrogen and oxygen atoms in total. The number of hydrogen-bond donors (Lipinski definition) is 2. The second-order valence-corrected chi connectivity index (χ2v) is 4.49. The third kappa shape index (κ3) is 8.02. The first-order valence-electron chi connectivity index (χ1n) is 7.18. The molecule has 1 fully saturated rings. The van der Waals surface area contributed by atoms with E-state index in [1.165, 1.54) is 0 Å². The summed E-state index contributed by atoms with van der Waals surface area (Å²) in [6.45, 7) is 10.2. The van der Waals surface area contributed by atoms with Crippen molar-refractivity contribution in [1.29, 1.82) is 0 Å². The number of methoxy groups -OCH3 is 1. The molecule has 0 atom stereocenters. The van der Waals surface area contributed by atoms with Crippen LogP contribution in [0.1, 0.15) is 13.3 Å². The predicted molar refractivity (Wildman–Crippen MR) is 77.7 cm³/mol. The van der Waals surface area contributed by atoms with Crippen molar-refractivity contribution in [3.05, 3.63) is 0 Å². The Kier molecular flexibility index (Phi) is 9.40. The Bertz CT molecular complexity index is 243. The lowest BCUT2D eigenvalue weighted by molar-refractivity contribution is 0.0389. The van der Waals surface area contributed by atoms with Gasteiger partial charge >= 0.3 is 0 Å². The van der Waals surface area contributed by atoms with E-state index in [0.717, 1.165) is 71.5 Å². The normalized spacial score (nSPS) is 17.5. The summed E-state index contributed by atoms with van der Waals surface area (Å²) >= 11 is 0. The molecule has 1 aliphatic heterocycles. The molecule has 0 bridgehead atoms. The molecular formula is C13H28N4O2. The molecular weight excluding hydrogens is 244 g/mol. The average molecular weight is 272 g/mol. The predicted octanol–water partition coefficient (Wildman–Crippen LogP) is -0.0898. The molecule has 0 saturated carbocycles. The molecule has 1 heterocycles. The number of hydrogen-bond acceptors (Lipinski definition) is 4. The summed E-state index contributed by atoms with van der Waals surface area (Å²) in [4.78, 5) is 6.91. The summed E-state index contributed by atoms with van der Waals surface area (Å²) in [5.41, 5.74) is 0. The second kappa shape index (κ2) is 11.0. The summed E-state index contributed by atoms with van der Waals surface area (Å²) in [6.07, 6.45) is 0.955. The van der Waals surface area contributed by atoms with Gasteiger partial charge in [-0.2, -0.15) is 0 Å². The monoisotopic (exact) mass is 272 g/mol. The highest BCUT2D eigenvalue weighted by Crippen LogP contribution is 1.94. The van der Waals surface area contributed by atoms with E-state index in [1.807, 2.05) is 0 Å². The van der Waals surface area contributed by atoms with E-state index in [-0.39, 0.29) is 0 Å². The molecule has 0 aromatic heterocycles. The Morgan fingerprint density at radius 1 is 1.32 bits per heavy atom. The molecule has 1 aliphatic rings. The van der Waals surface area contributed by atoms with Gasteiger partial charge in [-0.3, -0.25) is 9.89 Å². The molecule has 0 aromatic rings. The van der Waals surface area contributed by atoms with Gasteiger partial charge in [-0.05, 0) is 13.3 Å². The number of rotatable bonds is 8. The van der Waals surface area contributed by atoms with Gasteiger partial charge in [0, 0.05) is 53.0 Å². The van der Waals surface area contributed by atoms with Crippen LogP contribution in [0.5, 0.6) is 0 Å². The van der Waals surface area contributed by atoms with Gasteiger partial charge in [0.25, 0.3) is 0 Å². The summed E-state index contributed by atoms with van der Waals surface area (Å²) in [7, 11) is 1.72. The third-order valence-corrected chi connectivity index (χ3v) is 2.94. The Hall–Kier alpha value is -0.850. The fraction of sp³-hybridized carbons (Fsp3) is 0.923. The van der Waals surface area contributed by atoms with E-state index in [9.17, 15) is 0 Å². The van der Waals surface area contributed by atoms with E-state index in [1.54, 1.807) is 7.11 Å². The van der Waals surface area contributed by atoms with E-state index in [2.05, 4.69) is 27.4 Å². The second-order valence-electron chi connectivity index (χ2n) is 4.49. The van der Waals surface area contributed by atoms with Gasteiger partial charge in [-0.1, -0.05) is 0 Å². The molecule has 1 saturated heterocycles. The number of ether oxygens (including phenoxy) is 2. The van der Waals surface area contributed by atoms with Crippen molar-refractivity contribution in [1.82, 2.24) is 15.5 Å². The minimum atomic E-state index is 0.761. The summed E-state index contributed by atoms with van der Waals surface area (Å²) in [5.74, 6) is 0.895. The molecule has 0 spiro atoms. The fourth-order valence-electron chi connectivity index (χ4n) is 1.90. The lowest BCUT2D eigenvalue weighted by atomic mass is 10.4. The van der Waals surface area contributed by atoms with Crippen molar-refractivity contribution in [3.8, 4) is 0 Å². The molecule has 0 aromatic carbocycles. The van der Waals surface area contributed by atoms with Gasteiger partial charge in [0.05, 0.1) is 13.2 Å². The number of aliphatic imine (C=N–C) groups is 1. The smallest absolute Gasteiger partial charge is 0.191 e. The van der Waals surface area contributed by atoms with Crippen LogP contribution in [0.25, 0.3) is 0 Å². The molecule has 2 N–H and O–H groups in total. The van der Waals surface area contributed by atoms with Crippen molar-refractivity contribution in [3.63, 3.8) is 0 Å². The number of morpholine rings is 1. The van der Waals surface area contributed by atoms with Gasteiger partial charge in [0.15, 0.2) is 5.96 Å². The van der Waals surface area contributed by atoms with Crippen LogP contribution in [0, 0.1) is 0 Å². The van der Waals surface area contributed by atoms with Gasteiger partial charge in [-0.25, -0.2) is 0 Å². The van der Waals surface area contributed by atoms with Crippen LogP contribution in [-0.2, 0) is 9.47 Å². The number of nitrogens with one attached hydrogen (secondary N) is 2. The van der Waals surface area contributed by atoms with Crippen molar-refractivity contribution in [2.45, 2.75) is 13.3 Å². The Balaban J connectivity index is 2.16. The largest absolute Gasteiger partial charge is 0.385 e. The maximum atomic E-state index is 5.33. The summed E-state index contributed by atoms with van der Waals surface area (Å²) in [6, 6.07) is 0. The van der Waals surface area contributed by atoms with Crippen molar-refractivity contribution in [2.75, 3.05) is 66.2 Å². The first-order valence-corrected chi connectivity index (χ1v) is 7.18. The van der Waals surface area contributed by atoms with Crippen molar-refractivity contribution < 1.29 is 9.47 Å². The SMILES string of the molecule is CCNC(=NCCCOC)NCCN1CCOCC1. The summed E-state index contributed by atoms with van der Waals surface area (Å²) in [5, 5.41) is 6.61. The van der Waals surface area contributed by atoms with Gasteiger partial charge in [-0.15, -0.1) is 0 Å². The molecule has 19 heavy (non-hydrogen) atoms. The average Bonchev–Trinajstić information content (AvgIpc) is 2.44. The first-order chi connectivity index (χ1) is 9.36. The highest BCUT2D eigenvalue weighted by atomic mass is 16.5. The van der Waals surface area contributed by atoms with Crippen molar-refractivity contribution in [2.24, 2.45) is 4.99 Å². The topological polar surface area (TPSA) is 58.1 Å². The van der Waals surface area contributed by atoms with Gasteiger partial charge in [0.1, 0.15) is 0 Å². The zero-order valence-corrected chi connectivity index (χ0v) is 12.3. The van der Waals surface area contributed by atoms with E-state index >= 15 is 0 Å². The zero-order chi connectivity index (χ0) is 13.8. The Labute approximate surface area is 116 Å². The maximum Gasteiger partial charge on any atom is 0.191 e. The zero-order valence-electron chi connectivity index (χ0n) is 12.3. The minimum Gasteiger partial charge on any atom is -0.385 e. The van der Waals surface area contributed by atoms with Crippen LogP contribution in [0.15, 0.2) is 4.99 Å². The molecule has 0 amide bonds. The Morgan fingerprint density at radius 2 is 2.11 bits per heavy atom. The van der Waals surface area contributed by atoms with E-state index in [0.29, 0.717) is 0 Å². The molecule has 0 radical (unpaired) electrons. The molecule has 112 valence electrons. The third-order valence-electron chi connectivity index (χ3n) is 2.94. The molecule has 1 rings (SSSR count). The van der Waals surface area contributed by atoms with Crippen LogP contribution in [-0.4, -0.2) is 77.1 Å². The van der Waals surface area contributed by atoms with Crippen LogP contribution in [0.2, 0.25) is 0 Å². The van der Waals surface area contributed by atoms with Gasteiger partial charge in [0.2, 0.25) is 0 Å². The maximum absolute atomic E-state index is 5.33. The lowest BCUT2D eigenvalue weighted by Gasteiger charge is -2.26. The standard InChI is InChI=1S/C13H28N4O2/c1-3-14-13(15-5-4-10-18-2)16-6-7-17-8-11-19-12-9-17/h3-12H2,1-2H3,(H2,14,15,16). The number of guanidine groups is 1.